The van der Waals surface area contributed by atoms with E-state index in [1.807, 2.05) is 37.8 Å². The molecule has 2 atom stereocenters. The van der Waals surface area contributed by atoms with Gasteiger partial charge >= 0.3 is 0 Å². The first-order valence-electron chi connectivity index (χ1n) is 7.16. The molecule has 1 aliphatic heterocycles. The van der Waals surface area contributed by atoms with Crippen molar-refractivity contribution in [3.8, 4) is 11.8 Å². The third-order valence-electron chi connectivity index (χ3n) is 3.65. The zero-order chi connectivity index (χ0) is 15.4. The van der Waals surface area contributed by atoms with Crippen LogP contribution in [0.4, 0.5) is 0 Å². The molecule has 0 aromatic heterocycles. The fourth-order valence-corrected chi connectivity index (χ4v) is 2.41. The Kier molecular flexibility index (Phi) is 5.00. The van der Waals surface area contributed by atoms with Crippen molar-refractivity contribution in [1.82, 2.24) is 4.90 Å². The maximum absolute atomic E-state index is 12.8. The van der Waals surface area contributed by atoms with Gasteiger partial charge in [-0.05, 0) is 38.5 Å². The van der Waals surface area contributed by atoms with Gasteiger partial charge in [-0.25, -0.2) is 0 Å². The van der Waals surface area contributed by atoms with E-state index in [2.05, 4.69) is 11.8 Å². The average molecular weight is 287 g/mol. The number of carbonyl (C=O) groups is 1. The van der Waals surface area contributed by atoms with Crippen LogP contribution < -0.4 is 0 Å². The number of amides is 1. The molecule has 4 heteroatoms. The van der Waals surface area contributed by atoms with E-state index in [0.717, 1.165) is 11.1 Å². The van der Waals surface area contributed by atoms with Gasteiger partial charge < -0.3 is 14.7 Å². The number of nitrogens with zero attached hydrogens (tertiary/aromatic N) is 1. The molecule has 0 aliphatic carbocycles. The third-order valence-corrected chi connectivity index (χ3v) is 3.65. The number of hydrogen-bond acceptors (Lipinski definition) is 3. The van der Waals surface area contributed by atoms with Gasteiger partial charge in [-0.2, -0.15) is 0 Å². The van der Waals surface area contributed by atoms with Crippen molar-refractivity contribution in [2.45, 2.75) is 32.9 Å². The van der Waals surface area contributed by atoms with E-state index < -0.39 is 0 Å². The first kappa shape index (κ1) is 15.6. The summed E-state index contributed by atoms with van der Waals surface area (Å²) in [5.41, 5.74) is 2.34. The van der Waals surface area contributed by atoms with Crippen LogP contribution in [0.1, 0.15) is 35.3 Å². The van der Waals surface area contributed by atoms with Crippen LogP contribution >= 0.6 is 0 Å². The fourth-order valence-electron chi connectivity index (χ4n) is 2.41. The molecule has 1 heterocycles. The molecule has 2 unspecified atom stereocenters. The van der Waals surface area contributed by atoms with Crippen LogP contribution in [-0.2, 0) is 4.74 Å². The maximum atomic E-state index is 12.8. The predicted molar refractivity (Wildman–Crippen MR) is 81.1 cm³/mol. The minimum atomic E-state index is -0.185. The van der Waals surface area contributed by atoms with Gasteiger partial charge in [0.15, 0.2) is 0 Å². The summed E-state index contributed by atoms with van der Waals surface area (Å²) in [5.74, 6) is 5.47. The predicted octanol–water partition coefficient (Wildman–Crippen LogP) is 1.59. The molecule has 0 radical (unpaired) electrons. The van der Waals surface area contributed by atoms with Gasteiger partial charge in [0.2, 0.25) is 0 Å². The second-order valence-corrected chi connectivity index (χ2v) is 5.44. The molecule has 0 spiro atoms. The topological polar surface area (TPSA) is 49.8 Å². The van der Waals surface area contributed by atoms with E-state index in [1.54, 1.807) is 6.07 Å². The van der Waals surface area contributed by atoms with Crippen LogP contribution in [0.2, 0.25) is 0 Å². The van der Waals surface area contributed by atoms with Gasteiger partial charge in [-0.3, -0.25) is 4.79 Å². The molecule has 1 fully saturated rings. The molecule has 4 nitrogen and oxygen atoms in total. The van der Waals surface area contributed by atoms with E-state index >= 15 is 0 Å². The molecule has 1 amide bonds. The van der Waals surface area contributed by atoms with E-state index in [4.69, 9.17) is 9.84 Å². The van der Waals surface area contributed by atoms with Crippen molar-refractivity contribution in [2.75, 3.05) is 19.8 Å². The number of ether oxygens (including phenoxy) is 1. The lowest BCUT2D eigenvalue weighted by molar-refractivity contribution is -0.0387. The number of hydrogen-bond donors (Lipinski definition) is 1. The summed E-state index contributed by atoms with van der Waals surface area (Å²) in [5, 5.41) is 8.77. The second-order valence-electron chi connectivity index (χ2n) is 5.44. The number of aliphatic hydroxyl groups is 1. The Labute approximate surface area is 125 Å². The fraction of sp³-hybridized carbons (Fsp3) is 0.471. The summed E-state index contributed by atoms with van der Waals surface area (Å²) >= 11 is 0. The summed E-state index contributed by atoms with van der Waals surface area (Å²) in [7, 11) is 0. The van der Waals surface area contributed by atoms with Crippen LogP contribution in [0.15, 0.2) is 18.2 Å². The lowest BCUT2D eigenvalue weighted by atomic mass is 10.0. The van der Waals surface area contributed by atoms with Gasteiger partial charge in [0.05, 0.1) is 18.8 Å². The van der Waals surface area contributed by atoms with Gasteiger partial charge in [0.25, 0.3) is 5.91 Å². The molecule has 112 valence electrons. The number of benzene rings is 1. The summed E-state index contributed by atoms with van der Waals surface area (Å²) in [6.45, 7) is 6.87. The molecular formula is C17H21NO3. The Bertz CT molecular complexity index is 585. The van der Waals surface area contributed by atoms with E-state index in [-0.39, 0.29) is 24.7 Å². The van der Waals surface area contributed by atoms with E-state index in [1.165, 1.54) is 0 Å². The van der Waals surface area contributed by atoms with Crippen LogP contribution in [0.5, 0.6) is 0 Å². The zero-order valence-electron chi connectivity index (χ0n) is 12.7. The second kappa shape index (κ2) is 6.75. The molecule has 21 heavy (non-hydrogen) atoms. The van der Waals surface area contributed by atoms with Crippen molar-refractivity contribution in [3.05, 3.63) is 34.9 Å². The normalized spacial score (nSPS) is 21.6. The molecular weight excluding hydrogens is 266 g/mol. The molecule has 0 saturated carbocycles. The Morgan fingerprint density at radius 2 is 2.24 bits per heavy atom. The number of rotatable bonds is 1. The van der Waals surface area contributed by atoms with Crippen molar-refractivity contribution < 1.29 is 14.6 Å². The van der Waals surface area contributed by atoms with Crippen molar-refractivity contribution in [3.63, 3.8) is 0 Å². The lowest BCUT2D eigenvalue weighted by Crippen LogP contribution is -2.50. The number of carbonyl (C=O) groups excluding carboxylic acids is 1. The number of aryl methyl sites for hydroxylation is 1. The molecule has 1 saturated heterocycles. The van der Waals surface area contributed by atoms with Crippen molar-refractivity contribution in [2.24, 2.45) is 0 Å². The van der Waals surface area contributed by atoms with Gasteiger partial charge in [-0.15, -0.1) is 0 Å². The maximum Gasteiger partial charge on any atom is 0.254 e. The average Bonchev–Trinajstić information content (AvgIpc) is 2.48. The first-order valence-corrected chi connectivity index (χ1v) is 7.16. The van der Waals surface area contributed by atoms with E-state index in [0.29, 0.717) is 18.7 Å². The molecule has 0 bridgehead atoms. The highest BCUT2D eigenvalue weighted by atomic mass is 16.5. The number of aliphatic hydroxyl groups excluding tert-OH is 1. The van der Waals surface area contributed by atoms with Crippen molar-refractivity contribution >= 4 is 5.91 Å². The number of morpholine rings is 1. The minimum Gasteiger partial charge on any atom is -0.384 e. The summed E-state index contributed by atoms with van der Waals surface area (Å²) < 4.78 is 5.57. The third kappa shape index (κ3) is 3.63. The molecule has 2 rings (SSSR count). The summed E-state index contributed by atoms with van der Waals surface area (Å²) in [6.07, 6.45) is 0.0582. The Hall–Kier alpha value is -1.83. The quantitative estimate of drug-likeness (QED) is 0.798. The summed E-state index contributed by atoms with van der Waals surface area (Å²) in [4.78, 5) is 14.6. The highest BCUT2D eigenvalue weighted by Crippen LogP contribution is 2.18. The molecule has 1 N–H and O–H groups in total. The molecule has 1 aromatic carbocycles. The Balaban J connectivity index is 2.29. The molecule has 1 aliphatic rings. The lowest BCUT2D eigenvalue weighted by Gasteiger charge is -2.37. The first-order chi connectivity index (χ1) is 10.0. The van der Waals surface area contributed by atoms with Crippen LogP contribution in [0.25, 0.3) is 0 Å². The Morgan fingerprint density at radius 3 is 2.95 bits per heavy atom. The largest absolute Gasteiger partial charge is 0.384 e. The summed E-state index contributed by atoms with van der Waals surface area (Å²) in [6, 6.07) is 5.62. The SMILES string of the molecule is Cc1ccc(C#CCO)cc1C(=O)N1CC(C)OCC1C. The highest BCUT2D eigenvalue weighted by molar-refractivity contribution is 5.96. The van der Waals surface area contributed by atoms with Crippen LogP contribution in [0.3, 0.4) is 0 Å². The standard InChI is InChI=1S/C17H21NO3/c1-12-6-7-15(5-4-8-19)9-16(12)17(20)18-10-14(3)21-11-13(18)2/h6-7,9,13-14,19H,8,10-11H2,1-3H3. The van der Waals surface area contributed by atoms with Gasteiger partial charge in [-0.1, -0.05) is 17.9 Å². The zero-order valence-corrected chi connectivity index (χ0v) is 12.7. The van der Waals surface area contributed by atoms with Crippen LogP contribution in [0, 0.1) is 18.8 Å². The Morgan fingerprint density at radius 1 is 1.48 bits per heavy atom. The van der Waals surface area contributed by atoms with Gasteiger partial charge in [0, 0.05) is 17.7 Å². The van der Waals surface area contributed by atoms with Gasteiger partial charge in [0.1, 0.15) is 6.61 Å². The van der Waals surface area contributed by atoms with Crippen molar-refractivity contribution in [1.29, 1.82) is 0 Å². The molecule has 1 aromatic rings. The minimum absolute atomic E-state index is 0.0165. The van der Waals surface area contributed by atoms with E-state index in [9.17, 15) is 4.79 Å². The smallest absolute Gasteiger partial charge is 0.254 e. The van der Waals surface area contributed by atoms with Crippen LogP contribution in [-0.4, -0.2) is 47.8 Å². The highest BCUT2D eigenvalue weighted by Gasteiger charge is 2.28. The monoisotopic (exact) mass is 287 g/mol.